The number of rotatable bonds is 5. The van der Waals surface area contributed by atoms with Crippen LogP contribution in [0, 0.1) is 0 Å². The van der Waals surface area contributed by atoms with Gasteiger partial charge < -0.3 is 10.3 Å². The minimum absolute atomic E-state index is 0.109. The number of aromatic nitrogens is 2. The fraction of sp³-hybridized carbons (Fsp3) is 0.143. The zero-order valence-electron chi connectivity index (χ0n) is 10.3. The van der Waals surface area contributed by atoms with Crippen molar-refractivity contribution in [3.63, 3.8) is 0 Å². The predicted molar refractivity (Wildman–Crippen MR) is 78.5 cm³/mol. The summed E-state index contributed by atoms with van der Waals surface area (Å²) >= 11 is 3.43. The van der Waals surface area contributed by atoms with Crippen LogP contribution in [0.2, 0.25) is 0 Å². The molecule has 0 fully saturated rings. The summed E-state index contributed by atoms with van der Waals surface area (Å²) < 4.78 is 0.967. The van der Waals surface area contributed by atoms with Crippen molar-refractivity contribution in [2.24, 2.45) is 0 Å². The summed E-state index contributed by atoms with van der Waals surface area (Å²) in [6.07, 6.45) is 7.48. The van der Waals surface area contributed by atoms with Gasteiger partial charge >= 0.3 is 0 Å². The molecular formula is C14H14BrN3O. The van der Waals surface area contributed by atoms with E-state index in [9.17, 15) is 4.79 Å². The molecular weight excluding hydrogens is 306 g/mol. The minimum atomic E-state index is -0.109. The molecule has 2 rings (SSSR count). The summed E-state index contributed by atoms with van der Waals surface area (Å²) in [6, 6.07) is 7.75. The van der Waals surface area contributed by atoms with Crippen LogP contribution in [0.4, 0.5) is 0 Å². The molecule has 0 atom stereocenters. The zero-order valence-corrected chi connectivity index (χ0v) is 11.9. The van der Waals surface area contributed by atoms with E-state index < -0.39 is 0 Å². The predicted octanol–water partition coefficient (Wildman–Crippen LogP) is 2.54. The van der Waals surface area contributed by atoms with E-state index in [-0.39, 0.29) is 5.91 Å². The highest BCUT2D eigenvalue weighted by atomic mass is 79.9. The van der Waals surface area contributed by atoms with Gasteiger partial charge in [0.25, 0.3) is 0 Å². The molecule has 0 radical (unpaired) electrons. The van der Waals surface area contributed by atoms with E-state index in [0.717, 1.165) is 15.9 Å². The van der Waals surface area contributed by atoms with Crippen molar-refractivity contribution >= 4 is 27.9 Å². The van der Waals surface area contributed by atoms with Crippen molar-refractivity contribution in [2.75, 3.05) is 6.54 Å². The van der Waals surface area contributed by atoms with Crippen molar-refractivity contribution in [3.8, 4) is 0 Å². The summed E-state index contributed by atoms with van der Waals surface area (Å²) in [5.41, 5.74) is 0.976. The van der Waals surface area contributed by atoms with Gasteiger partial charge in [0.15, 0.2) is 0 Å². The second-order valence-electron chi connectivity index (χ2n) is 3.93. The number of benzene rings is 1. The lowest BCUT2D eigenvalue weighted by Crippen LogP contribution is -2.23. The standard InChI is InChI=1S/C14H14BrN3O/c15-12-4-2-1-3-11(12)5-6-14(19)18-8-7-13-16-9-10-17-13/h1-6,9-10H,7-8H2,(H,16,17)(H,18,19)/b6-5+. The largest absolute Gasteiger partial charge is 0.352 e. The zero-order chi connectivity index (χ0) is 13.5. The van der Waals surface area contributed by atoms with Crippen LogP contribution in [0.15, 0.2) is 47.2 Å². The maximum Gasteiger partial charge on any atom is 0.244 e. The fourth-order valence-electron chi connectivity index (χ4n) is 1.57. The Kier molecular flexibility index (Phi) is 4.92. The highest BCUT2D eigenvalue weighted by Gasteiger charge is 1.98. The van der Waals surface area contributed by atoms with Gasteiger partial charge in [0, 0.05) is 35.9 Å². The summed E-state index contributed by atoms with van der Waals surface area (Å²) in [5, 5.41) is 2.81. The first-order chi connectivity index (χ1) is 9.25. The van der Waals surface area contributed by atoms with Gasteiger partial charge in [-0.2, -0.15) is 0 Å². The average molecular weight is 320 g/mol. The van der Waals surface area contributed by atoms with Gasteiger partial charge in [-0.3, -0.25) is 4.79 Å². The van der Waals surface area contributed by atoms with Crippen LogP contribution in [0.1, 0.15) is 11.4 Å². The number of hydrogen-bond acceptors (Lipinski definition) is 2. The number of nitrogens with one attached hydrogen (secondary N) is 2. The number of imidazole rings is 1. The monoisotopic (exact) mass is 319 g/mol. The maximum atomic E-state index is 11.6. The Morgan fingerprint density at radius 3 is 3.00 bits per heavy atom. The van der Waals surface area contributed by atoms with Gasteiger partial charge in [-0.1, -0.05) is 34.1 Å². The number of H-pyrrole nitrogens is 1. The van der Waals surface area contributed by atoms with Gasteiger partial charge in [0.2, 0.25) is 5.91 Å². The molecule has 1 aromatic heterocycles. The lowest BCUT2D eigenvalue weighted by molar-refractivity contribution is -0.116. The van der Waals surface area contributed by atoms with Gasteiger partial charge in [-0.25, -0.2) is 4.98 Å². The second kappa shape index (κ2) is 6.89. The van der Waals surface area contributed by atoms with Crippen LogP contribution >= 0.6 is 15.9 Å². The topological polar surface area (TPSA) is 57.8 Å². The van der Waals surface area contributed by atoms with E-state index in [1.807, 2.05) is 24.3 Å². The number of carbonyl (C=O) groups excluding carboxylic acids is 1. The van der Waals surface area contributed by atoms with Crippen LogP contribution in [-0.4, -0.2) is 22.4 Å². The van der Waals surface area contributed by atoms with Gasteiger partial charge in [-0.05, 0) is 17.7 Å². The Bertz CT molecular complexity index is 564. The lowest BCUT2D eigenvalue weighted by Gasteiger charge is -2.00. The van der Waals surface area contributed by atoms with Gasteiger partial charge in [0.05, 0.1) is 0 Å². The highest BCUT2D eigenvalue weighted by molar-refractivity contribution is 9.10. The Hall–Kier alpha value is -1.88. The Balaban J connectivity index is 1.79. The summed E-state index contributed by atoms with van der Waals surface area (Å²) in [5.74, 6) is 0.761. The molecule has 19 heavy (non-hydrogen) atoms. The SMILES string of the molecule is O=C(/C=C/c1ccccc1Br)NCCc1ncc[nH]1. The molecule has 0 spiro atoms. The second-order valence-corrected chi connectivity index (χ2v) is 4.79. The minimum Gasteiger partial charge on any atom is -0.352 e. The van der Waals surface area contributed by atoms with Crippen LogP contribution in [0.3, 0.4) is 0 Å². The third-order valence-corrected chi connectivity index (χ3v) is 3.26. The Morgan fingerprint density at radius 1 is 1.42 bits per heavy atom. The van der Waals surface area contributed by atoms with E-state index in [1.165, 1.54) is 6.08 Å². The van der Waals surface area contributed by atoms with Crippen molar-refractivity contribution in [1.29, 1.82) is 0 Å². The molecule has 4 nitrogen and oxygen atoms in total. The normalized spacial score (nSPS) is 10.8. The molecule has 98 valence electrons. The van der Waals surface area contributed by atoms with E-state index >= 15 is 0 Å². The molecule has 1 amide bonds. The third kappa shape index (κ3) is 4.37. The molecule has 2 N–H and O–H groups in total. The average Bonchev–Trinajstić information content (AvgIpc) is 2.91. The summed E-state index contributed by atoms with van der Waals surface area (Å²) in [4.78, 5) is 18.7. The molecule has 5 heteroatoms. The van der Waals surface area contributed by atoms with Crippen molar-refractivity contribution < 1.29 is 4.79 Å². The first-order valence-corrected chi connectivity index (χ1v) is 6.74. The van der Waals surface area contributed by atoms with E-state index in [0.29, 0.717) is 13.0 Å². The van der Waals surface area contributed by atoms with Gasteiger partial charge in [0.1, 0.15) is 5.82 Å². The van der Waals surface area contributed by atoms with Crippen LogP contribution in [0.25, 0.3) is 6.08 Å². The molecule has 1 aromatic carbocycles. The smallest absolute Gasteiger partial charge is 0.244 e. The number of hydrogen-bond donors (Lipinski definition) is 2. The lowest BCUT2D eigenvalue weighted by atomic mass is 10.2. The van der Waals surface area contributed by atoms with E-state index in [1.54, 1.807) is 18.5 Å². The van der Waals surface area contributed by atoms with E-state index in [2.05, 4.69) is 31.2 Å². The number of carbonyl (C=O) groups is 1. The molecule has 0 bridgehead atoms. The summed E-state index contributed by atoms with van der Waals surface area (Å²) in [6.45, 7) is 0.562. The molecule has 0 aliphatic heterocycles. The number of halogens is 1. The van der Waals surface area contributed by atoms with Crippen LogP contribution in [0.5, 0.6) is 0 Å². The third-order valence-electron chi connectivity index (χ3n) is 2.54. The molecule has 1 heterocycles. The Labute approximate surface area is 120 Å². The molecule has 0 aliphatic rings. The van der Waals surface area contributed by atoms with E-state index in [4.69, 9.17) is 0 Å². The first kappa shape index (κ1) is 13.5. The highest BCUT2D eigenvalue weighted by Crippen LogP contribution is 2.16. The molecule has 2 aromatic rings. The van der Waals surface area contributed by atoms with Crippen LogP contribution in [-0.2, 0) is 11.2 Å². The first-order valence-electron chi connectivity index (χ1n) is 5.94. The quantitative estimate of drug-likeness (QED) is 0.832. The maximum absolute atomic E-state index is 11.6. The molecule has 0 saturated heterocycles. The van der Waals surface area contributed by atoms with Crippen molar-refractivity contribution in [2.45, 2.75) is 6.42 Å². The van der Waals surface area contributed by atoms with Crippen molar-refractivity contribution in [3.05, 3.63) is 58.6 Å². The van der Waals surface area contributed by atoms with Gasteiger partial charge in [-0.15, -0.1) is 0 Å². The number of nitrogens with zero attached hydrogens (tertiary/aromatic N) is 1. The molecule has 0 saturated carbocycles. The molecule has 0 aliphatic carbocycles. The number of amides is 1. The Morgan fingerprint density at radius 2 is 2.26 bits per heavy atom. The van der Waals surface area contributed by atoms with Crippen LogP contribution < -0.4 is 5.32 Å². The fourth-order valence-corrected chi connectivity index (χ4v) is 1.99. The van der Waals surface area contributed by atoms with Crippen molar-refractivity contribution in [1.82, 2.24) is 15.3 Å². The number of aromatic amines is 1. The summed E-state index contributed by atoms with van der Waals surface area (Å²) in [7, 11) is 0. The molecule has 0 unspecified atom stereocenters.